The Morgan fingerprint density at radius 1 is 1.03 bits per heavy atom. The SMILES string of the molecule is CC(C)(C)OC(=O)N1CCC(C[C@]2(C(=O)OCc3ccccc3)COC(c3ccccc3)=N2)CC1. The fourth-order valence-corrected chi connectivity index (χ4v) is 4.45. The molecule has 0 unspecified atom stereocenters. The van der Waals surface area contributed by atoms with Crippen molar-refractivity contribution in [2.24, 2.45) is 10.9 Å². The van der Waals surface area contributed by atoms with Crippen molar-refractivity contribution in [1.82, 2.24) is 4.90 Å². The molecule has 1 atom stereocenters. The van der Waals surface area contributed by atoms with Gasteiger partial charge in [0.1, 0.15) is 18.8 Å². The van der Waals surface area contributed by atoms with E-state index < -0.39 is 11.1 Å². The Bertz CT molecular complexity index is 1040. The first-order chi connectivity index (χ1) is 16.7. The van der Waals surface area contributed by atoms with Crippen LogP contribution in [0.5, 0.6) is 0 Å². The fraction of sp³-hybridized carbons (Fsp3) is 0.464. The second kappa shape index (κ2) is 10.5. The van der Waals surface area contributed by atoms with Gasteiger partial charge < -0.3 is 19.1 Å². The second-order valence-corrected chi connectivity index (χ2v) is 10.3. The second-order valence-electron chi connectivity index (χ2n) is 10.3. The summed E-state index contributed by atoms with van der Waals surface area (Å²) in [5.74, 6) is 0.302. The number of carbonyl (C=O) groups is 2. The van der Waals surface area contributed by atoms with E-state index in [-0.39, 0.29) is 31.2 Å². The van der Waals surface area contributed by atoms with Gasteiger partial charge in [0.05, 0.1) is 0 Å². The van der Waals surface area contributed by atoms with Crippen molar-refractivity contribution in [3.63, 3.8) is 0 Å². The number of nitrogens with zero attached hydrogens (tertiary/aromatic N) is 2. The fourth-order valence-electron chi connectivity index (χ4n) is 4.45. The van der Waals surface area contributed by atoms with Gasteiger partial charge >= 0.3 is 12.1 Å². The highest BCUT2D eigenvalue weighted by Gasteiger charge is 2.48. The van der Waals surface area contributed by atoms with Crippen molar-refractivity contribution in [3.05, 3.63) is 71.8 Å². The lowest BCUT2D eigenvalue weighted by Crippen LogP contribution is -2.46. The molecule has 2 heterocycles. The van der Waals surface area contributed by atoms with Crippen LogP contribution in [0.15, 0.2) is 65.7 Å². The van der Waals surface area contributed by atoms with E-state index in [0.717, 1.165) is 24.0 Å². The Morgan fingerprint density at radius 2 is 1.66 bits per heavy atom. The standard InChI is InChI=1S/C28H34N2O5/c1-27(2,3)35-26(32)30-16-14-21(15-17-30)18-28(25(31)33-19-22-10-6-4-7-11-22)20-34-24(29-28)23-12-8-5-9-13-23/h4-13,21H,14-20H2,1-3H3/t28-/m1/s1. The average Bonchev–Trinajstić information content (AvgIpc) is 3.28. The van der Waals surface area contributed by atoms with Crippen molar-refractivity contribution >= 4 is 18.0 Å². The van der Waals surface area contributed by atoms with Crippen LogP contribution >= 0.6 is 0 Å². The summed E-state index contributed by atoms with van der Waals surface area (Å²) >= 11 is 0. The molecule has 186 valence electrons. The van der Waals surface area contributed by atoms with Crippen molar-refractivity contribution in [2.45, 2.75) is 57.8 Å². The first-order valence-electron chi connectivity index (χ1n) is 12.2. The molecular weight excluding hydrogens is 444 g/mol. The van der Waals surface area contributed by atoms with Crippen LogP contribution in [-0.2, 0) is 25.6 Å². The summed E-state index contributed by atoms with van der Waals surface area (Å²) in [6.07, 6.45) is 1.76. The van der Waals surface area contributed by atoms with Gasteiger partial charge in [-0.2, -0.15) is 0 Å². The Morgan fingerprint density at radius 3 is 2.29 bits per heavy atom. The van der Waals surface area contributed by atoms with Crippen LogP contribution in [0.2, 0.25) is 0 Å². The first kappa shape index (κ1) is 24.8. The van der Waals surface area contributed by atoms with E-state index in [4.69, 9.17) is 19.2 Å². The highest BCUT2D eigenvalue weighted by molar-refractivity contribution is 5.99. The third-order valence-electron chi connectivity index (χ3n) is 6.27. The lowest BCUT2D eigenvalue weighted by atomic mass is 9.83. The third kappa shape index (κ3) is 6.41. The molecule has 0 aliphatic carbocycles. The van der Waals surface area contributed by atoms with Gasteiger partial charge in [0, 0.05) is 18.7 Å². The molecule has 2 aliphatic heterocycles. The Balaban J connectivity index is 1.46. The van der Waals surface area contributed by atoms with Gasteiger partial charge in [-0.15, -0.1) is 0 Å². The van der Waals surface area contributed by atoms with Crippen molar-refractivity contribution < 1.29 is 23.8 Å². The number of piperidine rings is 1. The van der Waals surface area contributed by atoms with Crippen molar-refractivity contribution in [2.75, 3.05) is 19.7 Å². The molecule has 0 bridgehead atoms. The van der Waals surface area contributed by atoms with Crippen molar-refractivity contribution in [1.29, 1.82) is 0 Å². The largest absolute Gasteiger partial charge is 0.474 e. The van der Waals surface area contributed by atoms with E-state index in [1.165, 1.54) is 0 Å². The quantitative estimate of drug-likeness (QED) is 0.547. The zero-order chi connectivity index (χ0) is 24.9. The monoisotopic (exact) mass is 478 g/mol. The molecule has 2 aromatic carbocycles. The van der Waals surface area contributed by atoms with Gasteiger partial charge in [-0.1, -0.05) is 48.5 Å². The summed E-state index contributed by atoms with van der Waals surface area (Å²) in [6.45, 7) is 7.11. The van der Waals surface area contributed by atoms with Crippen LogP contribution in [-0.4, -0.2) is 53.7 Å². The van der Waals surface area contributed by atoms with E-state index in [1.807, 2.05) is 81.4 Å². The summed E-state index contributed by atoms with van der Waals surface area (Å²) in [6, 6.07) is 19.2. The molecule has 2 aliphatic rings. The summed E-state index contributed by atoms with van der Waals surface area (Å²) in [7, 11) is 0. The van der Waals surface area contributed by atoms with E-state index in [9.17, 15) is 9.59 Å². The van der Waals surface area contributed by atoms with Gasteiger partial charge in [-0.3, -0.25) is 0 Å². The number of hydrogen-bond donors (Lipinski definition) is 0. The van der Waals surface area contributed by atoms with E-state index in [2.05, 4.69) is 0 Å². The molecule has 1 amide bonds. The molecular formula is C28H34N2O5. The maximum absolute atomic E-state index is 13.4. The van der Waals surface area contributed by atoms with Crippen LogP contribution in [0.1, 0.15) is 51.2 Å². The van der Waals surface area contributed by atoms with Crippen molar-refractivity contribution in [3.8, 4) is 0 Å². The average molecular weight is 479 g/mol. The first-order valence-corrected chi connectivity index (χ1v) is 12.2. The van der Waals surface area contributed by atoms with Crippen LogP contribution in [0, 0.1) is 5.92 Å². The zero-order valence-electron chi connectivity index (χ0n) is 20.7. The number of aliphatic imine (C=N–C) groups is 1. The summed E-state index contributed by atoms with van der Waals surface area (Å²) in [4.78, 5) is 32.4. The number of amides is 1. The van der Waals surface area contributed by atoms with E-state index >= 15 is 0 Å². The molecule has 0 saturated carbocycles. The van der Waals surface area contributed by atoms with Crippen LogP contribution in [0.4, 0.5) is 4.79 Å². The normalized spacial score (nSPS) is 20.7. The number of carbonyl (C=O) groups excluding carboxylic acids is 2. The minimum absolute atomic E-state index is 0.150. The predicted octanol–water partition coefficient (Wildman–Crippen LogP) is 4.98. The summed E-state index contributed by atoms with van der Waals surface area (Å²) in [5, 5.41) is 0. The Kier molecular flexibility index (Phi) is 7.43. The lowest BCUT2D eigenvalue weighted by molar-refractivity contribution is -0.153. The number of hydrogen-bond acceptors (Lipinski definition) is 6. The minimum Gasteiger partial charge on any atom is -0.474 e. The third-order valence-corrected chi connectivity index (χ3v) is 6.27. The summed E-state index contributed by atoms with van der Waals surface area (Å²) < 4.78 is 17.2. The maximum Gasteiger partial charge on any atom is 0.410 e. The van der Waals surface area contributed by atoms with Crippen LogP contribution < -0.4 is 0 Å². The van der Waals surface area contributed by atoms with Crippen LogP contribution in [0.3, 0.4) is 0 Å². The molecule has 4 rings (SSSR count). The lowest BCUT2D eigenvalue weighted by Gasteiger charge is -2.35. The van der Waals surface area contributed by atoms with E-state index in [0.29, 0.717) is 25.4 Å². The maximum atomic E-state index is 13.4. The molecule has 0 radical (unpaired) electrons. The molecule has 1 fully saturated rings. The van der Waals surface area contributed by atoms with E-state index in [1.54, 1.807) is 4.90 Å². The Labute approximate surface area is 207 Å². The summed E-state index contributed by atoms with van der Waals surface area (Å²) in [5.41, 5.74) is 0.140. The number of rotatable bonds is 6. The highest BCUT2D eigenvalue weighted by Crippen LogP contribution is 2.35. The van der Waals surface area contributed by atoms with Crippen LogP contribution in [0.25, 0.3) is 0 Å². The molecule has 35 heavy (non-hydrogen) atoms. The molecule has 2 aromatic rings. The number of esters is 1. The molecule has 0 N–H and O–H groups in total. The molecule has 0 aromatic heterocycles. The van der Waals surface area contributed by atoms with Gasteiger partial charge in [-0.25, -0.2) is 14.6 Å². The number of benzene rings is 2. The van der Waals surface area contributed by atoms with Gasteiger partial charge in [0.2, 0.25) is 5.90 Å². The molecule has 1 saturated heterocycles. The molecule has 7 heteroatoms. The smallest absolute Gasteiger partial charge is 0.410 e. The Hall–Kier alpha value is -3.35. The van der Waals surface area contributed by atoms with Gasteiger partial charge in [0.15, 0.2) is 5.54 Å². The topological polar surface area (TPSA) is 77.4 Å². The molecule has 0 spiro atoms. The zero-order valence-corrected chi connectivity index (χ0v) is 20.7. The number of likely N-dealkylation sites (tertiary alicyclic amines) is 1. The van der Waals surface area contributed by atoms with Gasteiger partial charge in [-0.05, 0) is 63.6 Å². The minimum atomic E-state index is -1.10. The predicted molar refractivity (Wildman–Crippen MR) is 133 cm³/mol. The van der Waals surface area contributed by atoms with Gasteiger partial charge in [0.25, 0.3) is 0 Å². The number of ether oxygens (including phenoxy) is 3. The molecule has 7 nitrogen and oxygen atoms in total. The highest BCUT2D eigenvalue weighted by atomic mass is 16.6.